The second-order valence-electron chi connectivity index (χ2n) is 5.41. The van der Waals surface area contributed by atoms with Gasteiger partial charge < -0.3 is 5.32 Å². The van der Waals surface area contributed by atoms with Crippen molar-refractivity contribution in [2.75, 3.05) is 6.54 Å². The molecule has 0 unspecified atom stereocenters. The maximum absolute atomic E-state index is 3.66. The van der Waals surface area contributed by atoms with E-state index in [1.165, 1.54) is 46.5 Å². The fourth-order valence-electron chi connectivity index (χ4n) is 2.63. The third kappa shape index (κ3) is 2.22. The highest BCUT2D eigenvalue weighted by Crippen LogP contribution is 2.60. The van der Waals surface area contributed by atoms with Gasteiger partial charge in [0.05, 0.1) is 3.79 Å². The number of rotatable bonds is 5. The molecule has 2 aliphatic rings. The topological polar surface area (TPSA) is 12.0 Å². The van der Waals surface area contributed by atoms with E-state index in [1.807, 2.05) is 11.3 Å². The Hall–Kier alpha value is 0.140. The average molecular weight is 300 g/mol. The van der Waals surface area contributed by atoms with Crippen molar-refractivity contribution in [3.05, 3.63) is 20.3 Å². The Morgan fingerprint density at radius 1 is 1.50 bits per heavy atom. The van der Waals surface area contributed by atoms with E-state index in [1.54, 1.807) is 0 Å². The molecular weight excluding hydrogens is 282 g/mol. The first-order valence-electron chi connectivity index (χ1n) is 6.15. The third-order valence-electron chi connectivity index (χ3n) is 4.02. The maximum Gasteiger partial charge on any atom is 0.0730 e. The molecule has 0 amide bonds. The van der Waals surface area contributed by atoms with Gasteiger partial charge in [0, 0.05) is 18.0 Å². The SMILES string of the molecule is Cc1cc(CNCC2(C3CC3)CC2)sc1Br. The van der Waals surface area contributed by atoms with Gasteiger partial charge in [-0.3, -0.25) is 0 Å². The molecule has 88 valence electrons. The lowest BCUT2D eigenvalue weighted by Crippen LogP contribution is -2.24. The predicted molar refractivity (Wildman–Crippen MR) is 72.9 cm³/mol. The van der Waals surface area contributed by atoms with E-state index in [9.17, 15) is 0 Å². The van der Waals surface area contributed by atoms with Gasteiger partial charge in [-0.05, 0) is 71.5 Å². The lowest BCUT2D eigenvalue weighted by atomic mass is 10.0. The second kappa shape index (κ2) is 4.11. The van der Waals surface area contributed by atoms with Gasteiger partial charge in [0.2, 0.25) is 0 Å². The van der Waals surface area contributed by atoms with Gasteiger partial charge in [-0.15, -0.1) is 11.3 Å². The Bertz CT molecular complexity index is 371. The molecule has 0 bridgehead atoms. The lowest BCUT2D eigenvalue weighted by molar-refractivity contribution is 0.404. The van der Waals surface area contributed by atoms with Crippen LogP contribution in [0.2, 0.25) is 0 Å². The maximum atomic E-state index is 3.66. The van der Waals surface area contributed by atoms with E-state index < -0.39 is 0 Å². The van der Waals surface area contributed by atoms with Crippen molar-refractivity contribution >= 4 is 27.3 Å². The molecule has 1 N–H and O–H groups in total. The van der Waals surface area contributed by atoms with Crippen LogP contribution in [0.3, 0.4) is 0 Å². The Kier molecular flexibility index (Phi) is 2.89. The van der Waals surface area contributed by atoms with Crippen molar-refractivity contribution in [3.8, 4) is 0 Å². The van der Waals surface area contributed by atoms with E-state index >= 15 is 0 Å². The molecule has 2 aliphatic carbocycles. The number of nitrogens with one attached hydrogen (secondary N) is 1. The van der Waals surface area contributed by atoms with E-state index in [2.05, 4.69) is 34.2 Å². The van der Waals surface area contributed by atoms with Crippen molar-refractivity contribution in [1.29, 1.82) is 0 Å². The zero-order valence-electron chi connectivity index (χ0n) is 9.68. The average Bonchev–Trinajstić information content (AvgIpc) is 3.11. The number of halogens is 1. The molecule has 0 aliphatic heterocycles. The minimum Gasteiger partial charge on any atom is -0.311 e. The summed E-state index contributed by atoms with van der Waals surface area (Å²) in [5.74, 6) is 1.07. The van der Waals surface area contributed by atoms with E-state index in [0.29, 0.717) is 0 Å². The fourth-order valence-corrected chi connectivity index (χ4v) is 4.23. The second-order valence-corrected chi connectivity index (χ2v) is 7.86. The summed E-state index contributed by atoms with van der Waals surface area (Å²) in [6, 6.07) is 2.29. The zero-order valence-corrected chi connectivity index (χ0v) is 12.1. The van der Waals surface area contributed by atoms with Gasteiger partial charge in [0.25, 0.3) is 0 Å². The van der Waals surface area contributed by atoms with Crippen LogP contribution in [-0.4, -0.2) is 6.54 Å². The van der Waals surface area contributed by atoms with Crippen molar-refractivity contribution in [1.82, 2.24) is 5.32 Å². The van der Waals surface area contributed by atoms with Crippen LogP contribution >= 0.6 is 27.3 Å². The van der Waals surface area contributed by atoms with E-state index in [4.69, 9.17) is 0 Å². The largest absolute Gasteiger partial charge is 0.311 e. The Labute approximate surface area is 110 Å². The lowest BCUT2D eigenvalue weighted by Gasteiger charge is -2.14. The zero-order chi connectivity index (χ0) is 11.2. The Morgan fingerprint density at radius 2 is 2.25 bits per heavy atom. The predicted octanol–water partition coefficient (Wildman–Crippen LogP) is 4.10. The highest BCUT2D eigenvalue weighted by Gasteiger charge is 2.53. The van der Waals surface area contributed by atoms with Crippen LogP contribution in [0.15, 0.2) is 9.85 Å². The van der Waals surface area contributed by atoms with Gasteiger partial charge in [-0.1, -0.05) is 0 Å². The summed E-state index contributed by atoms with van der Waals surface area (Å²) in [6.07, 6.45) is 5.92. The molecule has 16 heavy (non-hydrogen) atoms. The van der Waals surface area contributed by atoms with Crippen LogP contribution in [0.5, 0.6) is 0 Å². The molecule has 3 heteroatoms. The first-order valence-corrected chi connectivity index (χ1v) is 7.76. The van der Waals surface area contributed by atoms with Gasteiger partial charge in [0.15, 0.2) is 0 Å². The molecular formula is C13H18BrNS. The fraction of sp³-hybridized carbons (Fsp3) is 0.692. The number of hydrogen-bond acceptors (Lipinski definition) is 2. The van der Waals surface area contributed by atoms with Crippen LogP contribution in [-0.2, 0) is 6.54 Å². The molecule has 0 atom stereocenters. The highest BCUT2D eigenvalue weighted by atomic mass is 79.9. The molecule has 1 aromatic heterocycles. The van der Waals surface area contributed by atoms with Gasteiger partial charge in [0.1, 0.15) is 0 Å². The third-order valence-corrected chi connectivity index (χ3v) is 6.16. The summed E-state index contributed by atoms with van der Waals surface area (Å²) in [6.45, 7) is 4.45. The molecule has 1 heterocycles. The van der Waals surface area contributed by atoms with Crippen LogP contribution in [0.1, 0.15) is 36.1 Å². The number of thiophene rings is 1. The minimum absolute atomic E-state index is 0.726. The van der Waals surface area contributed by atoms with Gasteiger partial charge >= 0.3 is 0 Å². The molecule has 1 nitrogen and oxygen atoms in total. The number of aryl methyl sites for hydroxylation is 1. The van der Waals surface area contributed by atoms with Gasteiger partial charge in [-0.2, -0.15) is 0 Å². The highest BCUT2D eigenvalue weighted by molar-refractivity contribution is 9.11. The molecule has 0 radical (unpaired) electrons. The Balaban J connectivity index is 1.49. The summed E-state index contributed by atoms with van der Waals surface area (Å²) in [5.41, 5.74) is 2.09. The van der Waals surface area contributed by atoms with Crippen molar-refractivity contribution < 1.29 is 0 Å². The smallest absolute Gasteiger partial charge is 0.0730 e. The van der Waals surface area contributed by atoms with Gasteiger partial charge in [-0.25, -0.2) is 0 Å². The first kappa shape index (κ1) is 11.2. The monoisotopic (exact) mass is 299 g/mol. The van der Waals surface area contributed by atoms with Crippen LogP contribution in [0.4, 0.5) is 0 Å². The summed E-state index contributed by atoms with van der Waals surface area (Å²) in [4.78, 5) is 1.45. The van der Waals surface area contributed by atoms with Crippen molar-refractivity contribution in [2.45, 2.75) is 39.2 Å². The van der Waals surface area contributed by atoms with Crippen LogP contribution in [0.25, 0.3) is 0 Å². The minimum atomic E-state index is 0.726. The summed E-state index contributed by atoms with van der Waals surface area (Å²) in [7, 11) is 0. The quantitative estimate of drug-likeness (QED) is 0.863. The summed E-state index contributed by atoms with van der Waals surface area (Å²) >= 11 is 5.45. The standard InChI is InChI=1S/C13H18BrNS/c1-9-6-11(16-12(9)14)7-15-8-13(4-5-13)10-2-3-10/h6,10,15H,2-5,7-8H2,1H3. The molecule has 0 spiro atoms. The van der Waals surface area contributed by atoms with E-state index in [-0.39, 0.29) is 0 Å². The number of hydrogen-bond donors (Lipinski definition) is 1. The molecule has 2 fully saturated rings. The molecule has 2 saturated carbocycles. The van der Waals surface area contributed by atoms with Crippen LogP contribution < -0.4 is 5.32 Å². The van der Waals surface area contributed by atoms with Crippen molar-refractivity contribution in [3.63, 3.8) is 0 Å². The van der Waals surface area contributed by atoms with E-state index in [0.717, 1.165) is 17.9 Å². The summed E-state index contributed by atoms with van der Waals surface area (Å²) < 4.78 is 1.28. The van der Waals surface area contributed by atoms with Crippen LogP contribution in [0, 0.1) is 18.3 Å². The molecule has 0 saturated heterocycles. The molecule has 0 aromatic carbocycles. The Morgan fingerprint density at radius 3 is 2.75 bits per heavy atom. The molecule has 1 aromatic rings. The first-order chi connectivity index (χ1) is 7.70. The molecule has 3 rings (SSSR count). The van der Waals surface area contributed by atoms with Crippen molar-refractivity contribution in [2.24, 2.45) is 11.3 Å². The summed E-state index contributed by atoms with van der Waals surface area (Å²) in [5, 5.41) is 3.66. The normalized spacial score (nSPS) is 22.4.